The van der Waals surface area contributed by atoms with Crippen LogP contribution >= 0.6 is 27.5 Å². The van der Waals surface area contributed by atoms with Gasteiger partial charge in [0.05, 0.1) is 10.5 Å². The molecule has 3 aromatic rings. The van der Waals surface area contributed by atoms with Gasteiger partial charge in [-0.15, -0.1) is 5.10 Å². The van der Waals surface area contributed by atoms with Gasteiger partial charge < -0.3 is 9.80 Å². The molecule has 25 heavy (non-hydrogen) atoms. The maximum Gasteiger partial charge on any atom is 0.151 e. The zero-order chi connectivity index (χ0) is 17.2. The normalized spacial score (nSPS) is 15.4. The number of benzene rings is 1. The van der Waals surface area contributed by atoms with E-state index in [1.807, 2.05) is 24.3 Å². The van der Waals surface area contributed by atoms with Crippen LogP contribution in [0.3, 0.4) is 0 Å². The summed E-state index contributed by atoms with van der Waals surface area (Å²) in [6.45, 7) is 3.72. The molecule has 0 radical (unpaired) electrons. The van der Waals surface area contributed by atoms with Crippen molar-refractivity contribution in [2.75, 3.05) is 36.0 Å². The summed E-state index contributed by atoms with van der Waals surface area (Å²) in [5.41, 5.74) is 0.845. The average molecular weight is 419 g/mol. The zero-order valence-corrected chi connectivity index (χ0v) is 15.9. The highest BCUT2D eigenvalue weighted by atomic mass is 79.9. The van der Waals surface area contributed by atoms with Gasteiger partial charge >= 0.3 is 0 Å². The lowest BCUT2D eigenvalue weighted by atomic mass is 10.2. The fraction of sp³-hybridized carbons (Fsp3) is 0.278. The van der Waals surface area contributed by atoms with Crippen LogP contribution in [0.15, 0.2) is 47.1 Å². The highest BCUT2D eigenvalue weighted by molar-refractivity contribution is 9.10. The SMILES string of the molecule is Clc1cc(Br)cc2ccc(N3CCCN(c4cccnn4)CC3)nc12. The van der Waals surface area contributed by atoms with Gasteiger partial charge in [0.1, 0.15) is 5.82 Å². The first kappa shape index (κ1) is 16.5. The van der Waals surface area contributed by atoms with Crippen LogP contribution in [-0.4, -0.2) is 41.4 Å². The van der Waals surface area contributed by atoms with Crippen LogP contribution in [0.2, 0.25) is 5.02 Å². The Morgan fingerprint density at radius 1 is 0.960 bits per heavy atom. The van der Waals surface area contributed by atoms with E-state index in [2.05, 4.69) is 48.1 Å². The Morgan fingerprint density at radius 2 is 1.76 bits per heavy atom. The van der Waals surface area contributed by atoms with E-state index in [1.54, 1.807) is 6.20 Å². The van der Waals surface area contributed by atoms with Crippen LogP contribution in [0.25, 0.3) is 10.9 Å². The van der Waals surface area contributed by atoms with Crippen LogP contribution in [0.1, 0.15) is 6.42 Å². The van der Waals surface area contributed by atoms with Gasteiger partial charge in [0.15, 0.2) is 5.82 Å². The molecule has 3 heterocycles. The molecule has 128 valence electrons. The maximum atomic E-state index is 6.37. The van der Waals surface area contributed by atoms with E-state index in [4.69, 9.17) is 16.6 Å². The fourth-order valence-corrected chi connectivity index (χ4v) is 4.04. The van der Waals surface area contributed by atoms with Gasteiger partial charge in [0.25, 0.3) is 0 Å². The largest absolute Gasteiger partial charge is 0.355 e. The quantitative estimate of drug-likeness (QED) is 0.625. The number of hydrogen-bond acceptors (Lipinski definition) is 5. The second-order valence-electron chi connectivity index (χ2n) is 6.04. The molecule has 0 spiro atoms. The van der Waals surface area contributed by atoms with Gasteiger partial charge in [0, 0.05) is 42.2 Å². The van der Waals surface area contributed by atoms with Crippen molar-refractivity contribution in [3.8, 4) is 0 Å². The number of nitrogens with zero attached hydrogens (tertiary/aromatic N) is 5. The van der Waals surface area contributed by atoms with Crippen LogP contribution in [0, 0.1) is 0 Å². The van der Waals surface area contributed by atoms with E-state index in [0.29, 0.717) is 5.02 Å². The first-order chi connectivity index (χ1) is 12.2. The highest BCUT2D eigenvalue weighted by Crippen LogP contribution is 2.29. The number of halogens is 2. The predicted molar refractivity (Wildman–Crippen MR) is 106 cm³/mol. The van der Waals surface area contributed by atoms with Gasteiger partial charge in [0.2, 0.25) is 0 Å². The third-order valence-electron chi connectivity index (χ3n) is 4.40. The molecule has 0 saturated carbocycles. The summed E-state index contributed by atoms with van der Waals surface area (Å²) in [5, 5.41) is 9.91. The Hall–Kier alpha value is -1.92. The molecular weight excluding hydrogens is 402 g/mol. The predicted octanol–water partition coefficient (Wildman–Crippen LogP) is 4.16. The van der Waals surface area contributed by atoms with Crippen molar-refractivity contribution in [1.82, 2.24) is 15.2 Å². The summed E-state index contributed by atoms with van der Waals surface area (Å²) in [5.74, 6) is 1.90. The van der Waals surface area contributed by atoms with Gasteiger partial charge in [-0.3, -0.25) is 0 Å². The number of anilines is 2. The first-order valence-corrected chi connectivity index (χ1v) is 9.41. The molecule has 0 aliphatic carbocycles. The first-order valence-electron chi connectivity index (χ1n) is 8.24. The Morgan fingerprint density at radius 3 is 2.52 bits per heavy atom. The smallest absolute Gasteiger partial charge is 0.151 e. The third-order valence-corrected chi connectivity index (χ3v) is 5.14. The second-order valence-corrected chi connectivity index (χ2v) is 7.36. The minimum atomic E-state index is 0.669. The van der Waals surface area contributed by atoms with Crippen LogP contribution < -0.4 is 9.80 Å². The number of fused-ring (bicyclic) bond motifs is 1. The summed E-state index contributed by atoms with van der Waals surface area (Å²) in [4.78, 5) is 9.40. The molecule has 1 saturated heterocycles. The number of aromatic nitrogens is 3. The van der Waals surface area contributed by atoms with E-state index in [0.717, 1.165) is 59.6 Å². The number of pyridine rings is 1. The topological polar surface area (TPSA) is 45.2 Å². The summed E-state index contributed by atoms with van der Waals surface area (Å²) >= 11 is 9.85. The summed E-state index contributed by atoms with van der Waals surface area (Å²) in [7, 11) is 0. The van der Waals surface area contributed by atoms with Gasteiger partial charge in [-0.05, 0) is 42.8 Å². The van der Waals surface area contributed by atoms with Crippen LogP contribution in [0.5, 0.6) is 0 Å². The van der Waals surface area contributed by atoms with Crippen molar-refractivity contribution in [1.29, 1.82) is 0 Å². The van der Waals surface area contributed by atoms with Crippen molar-refractivity contribution < 1.29 is 0 Å². The standard InChI is InChI=1S/C18H17BrClN5/c19-14-11-13-4-5-16(22-18(13)15(20)12-14)24-7-2-8-25(10-9-24)17-3-1-6-21-23-17/h1,3-6,11-12H,2,7-10H2. The van der Waals surface area contributed by atoms with Crippen LogP contribution in [-0.2, 0) is 0 Å². The molecule has 1 aliphatic rings. The second kappa shape index (κ2) is 7.14. The van der Waals surface area contributed by atoms with Crippen molar-refractivity contribution >= 4 is 50.1 Å². The fourth-order valence-electron chi connectivity index (χ4n) is 3.16. The average Bonchev–Trinajstić information content (AvgIpc) is 2.88. The molecule has 5 nitrogen and oxygen atoms in total. The number of rotatable bonds is 2. The van der Waals surface area contributed by atoms with Crippen molar-refractivity contribution in [2.45, 2.75) is 6.42 Å². The Kier molecular flexibility index (Phi) is 4.72. The Labute approximate surface area is 159 Å². The van der Waals surface area contributed by atoms with E-state index >= 15 is 0 Å². The summed E-state index contributed by atoms with van der Waals surface area (Å²) in [6.07, 6.45) is 2.75. The van der Waals surface area contributed by atoms with E-state index in [-0.39, 0.29) is 0 Å². The molecule has 0 unspecified atom stereocenters. The lowest BCUT2D eigenvalue weighted by Crippen LogP contribution is -2.31. The van der Waals surface area contributed by atoms with Crippen molar-refractivity contribution in [3.05, 3.63) is 52.1 Å². The molecule has 2 aromatic heterocycles. The maximum absolute atomic E-state index is 6.37. The summed E-state index contributed by atoms with van der Waals surface area (Å²) in [6, 6.07) is 12.0. The molecular formula is C18H17BrClN5. The van der Waals surface area contributed by atoms with Crippen molar-refractivity contribution in [3.63, 3.8) is 0 Å². The lowest BCUT2D eigenvalue weighted by Gasteiger charge is -2.23. The Bertz CT molecular complexity index is 889. The third kappa shape index (κ3) is 3.55. The van der Waals surface area contributed by atoms with Gasteiger partial charge in [-0.25, -0.2) is 4.98 Å². The van der Waals surface area contributed by atoms with E-state index in [9.17, 15) is 0 Å². The molecule has 1 fully saturated rings. The lowest BCUT2D eigenvalue weighted by molar-refractivity contribution is 0.785. The van der Waals surface area contributed by atoms with E-state index in [1.165, 1.54) is 0 Å². The molecule has 0 N–H and O–H groups in total. The van der Waals surface area contributed by atoms with E-state index < -0.39 is 0 Å². The van der Waals surface area contributed by atoms with Crippen LogP contribution in [0.4, 0.5) is 11.6 Å². The minimum absolute atomic E-state index is 0.669. The molecule has 4 rings (SSSR count). The molecule has 1 aliphatic heterocycles. The van der Waals surface area contributed by atoms with Gasteiger partial charge in [-0.2, -0.15) is 5.10 Å². The molecule has 1 aromatic carbocycles. The summed E-state index contributed by atoms with van der Waals surface area (Å²) < 4.78 is 0.967. The minimum Gasteiger partial charge on any atom is -0.355 e. The molecule has 0 bridgehead atoms. The molecule has 7 heteroatoms. The molecule has 0 amide bonds. The zero-order valence-electron chi connectivity index (χ0n) is 13.6. The highest BCUT2D eigenvalue weighted by Gasteiger charge is 2.18. The van der Waals surface area contributed by atoms with Gasteiger partial charge in [-0.1, -0.05) is 27.5 Å². The Balaban J connectivity index is 1.57. The number of hydrogen-bond donors (Lipinski definition) is 0. The molecule has 0 atom stereocenters. The monoisotopic (exact) mass is 417 g/mol. The van der Waals surface area contributed by atoms with Crippen molar-refractivity contribution in [2.24, 2.45) is 0 Å².